The standard InChI is InChI=1S/C14H18N2O3/c1-10(8-15)9-16(2)14(17)12-6-5-11(18-3)7-13(12)19-4/h5-7,10H,9H2,1-4H3. The first kappa shape index (κ1) is 14.8. The fourth-order valence-corrected chi connectivity index (χ4v) is 1.72. The predicted molar refractivity (Wildman–Crippen MR) is 71.3 cm³/mol. The van der Waals surface area contributed by atoms with E-state index in [1.54, 1.807) is 39.3 Å². The molecule has 0 spiro atoms. The molecular weight excluding hydrogens is 244 g/mol. The van der Waals surface area contributed by atoms with E-state index in [9.17, 15) is 4.79 Å². The Morgan fingerprint density at radius 2 is 2.11 bits per heavy atom. The second-order valence-corrected chi connectivity index (χ2v) is 4.28. The minimum absolute atomic E-state index is 0.179. The summed E-state index contributed by atoms with van der Waals surface area (Å²) in [6.45, 7) is 2.15. The molecule has 1 atom stereocenters. The smallest absolute Gasteiger partial charge is 0.257 e. The molecule has 0 aromatic heterocycles. The van der Waals surface area contributed by atoms with Gasteiger partial charge in [-0.15, -0.1) is 0 Å². The second kappa shape index (κ2) is 6.64. The van der Waals surface area contributed by atoms with Crippen molar-refractivity contribution in [1.29, 1.82) is 5.26 Å². The molecule has 1 aromatic rings. The van der Waals surface area contributed by atoms with E-state index in [0.717, 1.165) is 0 Å². The van der Waals surface area contributed by atoms with Gasteiger partial charge in [0.05, 0.1) is 31.8 Å². The highest BCUT2D eigenvalue weighted by Gasteiger charge is 2.18. The molecule has 1 rings (SSSR count). The fraction of sp³-hybridized carbons (Fsp3) is 0.429. The summed E-state index contributed by atoms with van der Waals surface area (Å²) in [6, 6.07) is 7.13. The van der Waals surface area contributed by atoms with Gasteiger partial charge in [-0.05, 0) is 19.1 Å². The van der Waals surface area contributed by atoms with Gasteiger partial charge >= 0.3 is 0 Å². The number of hydrogen-bond acceptors (Lipinski definition) is 4. The molecule has 102 valence electrons. The molecule has 0 aliphatic carbocycles. The Labute approximate surface area is 113 Å². The molecular formula is C14H18N2O3. The van der Waals surface area contributed by atoms with Crippen molar-refractivity contribution >= 4 is 5.91 Å². The Morgan fingerprint density at radius 3 is 2.63 bits per heavy atom. The quantitative estimate of drug-likeness (QED) is 0.813. The first-order valence-corrected chi connectivity index (χ1v) is 5.90. The monoisotopic (exact) mass is 262 g/mol. The first-order chi connectivity index (χ1) is 9.03. The van der Waals surface area contributed by atoms with E-state index in [-0.39, 0.29) is 11.8 Å². The summed E-state index contributed by atoms with van der Waals surface area (Å²) in [5.74, 6) is 0.696. The summed E-state index contributed by atoms with van der Waals surface area (Å²) >= 11 is 0. The van der Waals surface area contributed by atoms with E-state index in [0.29, 0.717) is 23.6 Å². The van der Waals surface area contributed by atoms with E-state index in [1.807, 2.05) is 0 Å². The molecule has 19 heavy (non-hydrogen) atoms. The van der Waals surface area contributed by atoms with Crippen molar-refractivity contribution in [2.45, 2.75) is 6.92 Å². The number of nitriles is 1. The third-order valence-corrected chi connectivity index (χ3v) is 2.75. The Hall–Kier alpha value is -2.22. The summed E-state index contributed by atoms with van der Waals surface area (Å²) < 4.78 is 10.3. The van der Waals surface area contributed by atoms with Crippen molar-refractivity contribution < 1.29 is 14.3 Å². The molecule has 0 saturated carbocycles. The number of carbonyl (C=O) groups excluding carboxylic acids is 1. The van der Waals surface area contributed by atoms with E-state index >= 15 is 0 Å². The fourth-order valence-electron chi connectivity index (χ4n) is 1.72. The van der Waals surface area contributed by atoms with E-state index in [4.69, 9.17) is 14.7 Å². The average Bonchev–Trinajstić information content (AvgIpc) is 2.45. The molecule has 1 unspecified atom stereocenters. The molecule has 0 bridgehead atoms. The first-order valence-electron chi connectivity index (χ1n) is 5.90. The summed E-state index contributed by atoms with van der Waals surface area (Å²) in [5, 5.41) is 8.78. The molecule has 0 radical (unpaired) electrons. The SMILES string of the molecule is COc1ccc(C(=O)N(C)CC(C)C#N)c(OC)c1. The van der Waals surface area contributed by atoms with Crippen LogP contribution in [-0.2, 0) is 0 Å². The van der Waals surface area contributed by atoms with Gasteiger partial charge in [0.15, 0.2) is 0 Å². The molecule has 0 fully saturated rings. The highest BCUT2D eigenvalue weighted by atomic mass is 16.5. The van der Waals surface area contributed by atoms with Crippen LogP contribution < -0.4 is 9.47 Å². The summed E-state index contributed by atoms with van der Waals surface area (Å²) in [5.41, 5.74) is 0.455. The van der Waals surface area contributed by atoms with Crippen molar-refractivity contribution in [3.05, 3.63) is 23.8 Å². The van der Waals surface area contributed by atoms with Crippen LogP contribution in [0.15, 0.2) is 18.2 Å². The maximum atomic E-state index is 12.3. The van der Waals surface area contributed by atoms with E-state index in [1.165, 1.54) is 12.0 Å². The third-order valence-electron chi connectivity index (χ3n) is 2.75. The third kappa shape index (κ3) is 3.62. The normalized spacial score (nSPS) is 11.3. The second-order valence-electron chi connectivity index (χ2n) is 4.28. The van der Waals surface area contributed by atoms with Gasteiger partial charge in [0.2, 0.25) is 0 Å². The van der Waals surface area contributed by atoms with Crippen LogP contribution in [0.5, 0.6) is 11.5 Å². The summed E-state index contributed by atoms with van der Waals surface area (Å²) in [6.07, 6.45) is 0. The molecule has 1 amide bonds. The van der Waals surface area contributed by atoms with Gasteiger partial charge in [-0.1, -0.05) is 0 Å². The zero-order valence-corrected chi connectivity index (χ0v) is 11.6. The zero-order valence-electron chi connectivity index (χ0n) is 11.6. The number of benzene rings is 1. The van der Waals surface area contributed by atoms with Crippen LogP contribution in [0.25, 0.3) is 0 Å². The van der Waals surface area contributed by atoms with Crippen molar-refractivity contribution in [1.82, 2.24) is 4.90 Å². The van der Waals surface area contributed by atoms with Crippen LogP contribution in [0.2, 0.25) is 0 Å². The van der Waals surface area contributed by atoms with Gasteiger partial charge in [0, 0.05) is 19.7 Å². The largest absolute Gasteiger partial charge is 0.497 e. The van der Waals surface area contributed by atoms with Gasteiger partial charge in [0.1, 0.15) is 11.5 Å². The van der Waals surface area contributed by atoms with Gasteiger partial charge in [-0.2, -0.15) is 5.26 Å². The lowest BCUT2D eigenvalue weighted by Crippen LogP contribution is -2.30. The lowest BCUT2D eigenvalue weighted by atomic mass is 10.1. The number of carbonyl (C=O) groups is 1. The Morgan fingerprint density at radius 1 is 1.42 bits per heavy atom. The highest BCUT2D eigenvalue weighted by molar-refractivity contribution is 5.97. The lowest BCUT2D eigenvalue weighted by Gasteiger charge is -2.19. The van der Waals surface area contributed by atoms with Crippen LogP contribution in [0.1, 0.15) is 17.3 Å². The Balaban J connectivity index is 2.96. The lowest BCUT2D eigenvalue weighted by molar-refractivity contribution is 0.0781. The molecule has 0 N–H and O–H groups in total. The minimum Gasteiger partial charge on any atom is -0.497 e. The number of hydrogen-bond donors (Lipinski definition) is 0. The van der Waals surface area contributed by atoms with Crippen LogP contribution in [0.4, 0.5) is 0 Å². The summed E-state index contributed by atoms with van der Waals surface area (Å²) in [4.78, 5) is 13.8. The highest BCUT2D eigenvalue weighted by Crippen LogP contribution is 2.25. The molecule has 0 heterocycles. The number of amides is 1. The van der Waals surface area contributed by atoms with Gasteiger partial charge < -0.3 is 14.4 Å². The van der Waals surface area contributed by atoms with Crippen LogP contribution in [0, 0.1) is 17.2 Å². The Bertz CT molecular complexity index is 494. The van der Waals surface area contributed by atoms with Gasteiger partial charge in [-0.25, -0.2) is 0 Å². The Kier molecular flexibility index (Phi) is 5.19. The average molecular weight is 262 g/mol. The van der Waals surface area contributed by atoms with Crippen LogP contribution in [-0.4, -0.2) is 38.6 Å². The van der Waals surface area contributed by atoms with Gasteiger partial charge in [0.25, 0.3) is 5.91 Å². The predicted octanol–water partition coefficient (Wildman–Crippen LogP) is 1.94. The van der Waals surface area contributed by atoms with Crippen LogP contribution >= 0.6 is 0 Å². The molecule has 5 nitrogen and oxygen atoms in total. The molecule has 5 heteroatoms. The van der Waals surface area contributed by atoms with Crippen molar-refractivity contribution in [3.63, 3.8) is 0 Å². The molecule has 0 aliphatic rings. The van der Waals surface area contributed by atoms with E-state index < -0.39 is 0 Å². The summed E-state index contributed by atoms with van der Waals surface area (Å²) in [7, 11) is 4.72. The van der Waals surface area contributed by atoms with Crippen molar-refractivity contribution in [2.75, 3.05) is 27.8 Å². The van der Waals surface area contributed by atoms with Gasteiger partial charge in [-0.3, -0.25) is 4.79 Å². The number of methoxy groups -OCH3 is 2. The molecule has 1 aromatic carbocycles. The van der Waals surface area contributed by atoms with Crippen molar-refractivity contribution in [3.8, 4) is 17.6 Å². The number of rotatable bonds is 5. The zero-order chi connectivity index (χ0) is 14.4. The topological polar surface area (TPSA) is 62.6 Å². The van der Waals surface area contributed by atoms with Crippen molar-refractivity contribution in [2.24, 2.45) is 5.92 Å². The number of ether oxygens (including phenoxy) is 2. The number of nitrogens with zero attached hydrogens (tertiary/aromatic N) is 2. The maximum Gasteiger partial charge on any atom is 0.257 e. The van der Waals surface area contributed by atoms with Crippen LogP contribution in [0.3, 0.4) is 0 Å². The minimum atomic E-state index is -0.210. The molecule has 0 aliphatic heterocycles. The van der Waals surface area contributed by atoms with E-state index in [2.05, 4.69) is 6.07 Å². The maximum absolute atomic E-state index is 12.3. The molecule has 0 saturated heterocycles.